The van der Waals surface area contributed by atoms with Crippen LogP contribution >= 0.6 is 0 Å². The summed E-state index contributed by atoms with van der Waals surface area (Å²) in [5.74, 6) is 0.0730. The number of fused-ring (bicyclic) bond motifs is 6. The first-order chi connectivity index (χ1) is 13.7. The Morgan fingerprint density at radius 1 is 0.759 bits per heavy atom. The second-order valence-corrected chi connectivity index (χ2v) is 8.36. The molecule has 8 heteroatoms. The number of rotatable bonds is 4. The minimum Gasteiger partial charge on any atom is -0.349 e. The van der Waals surface area contributed by atoms with Crippen LogP contribution in [0.25, 0.3) is 0 Å². The third kappa shape index (κ3) is 2.90. The molecule has 2 aliphatic heterocycles. The summed E-state index contributed by atoms with van der Waals surface area (Å²) in [6.07, 6.45) is 0. The van der Waals surface area contributed by atoms with Gasteiger partial charge in [0.1, 0.15) is 0 Å². The van der Waals surface area contributed by atoms with Gasteiger partial charge in [0.05, 0.1) is 52.1 Å². The van der Waals surface area contributed by atoms with Crippen molar-refractivity contribution in [2.24, 2.45) is 0 Å². The lowest BCUT2D eigenvalue weighted by Crippen LogP contribution is -2.46. The van der Waals surface area contributed by atoms with Gasteiger partial charge in [-0.15, -0.1) is 0 Å². The van der Waals surface area contributed by atoms with Crippen molar-refractivity contribution in [1.82, 2.24) is 0 Å². The Bertz CT molecular complexity index is 950. The standard InChI is InChI=1S/C21H24N4O4/c1-12(2)14-5-7-18-16(20(14)24(26)27)9-22-11-23(18)10-17-19(22)8-6-15(13(3)4)21(17)25(28)29/h5-8,12-13H,9-11H2,1-4H3. The van der Waals surface area contributed by atoms with Crippen molar-refractivity contribution in [2.75, 3.05) is 16.5 Å². The van der Waals surface area contributed by atoms with Crippen molar-refractivity contribution in [2.45, 2.75) is 52.6 Å². The minimum absolute atomic E-state index is 0.0365. The Morgan fingerprint density at radius 2 is 1.14 bits per heavy atom. The van der Waals surface area contributed by atoms with Crippen LogP contribution in [0.3, 0.4) is 0 Å². The van der Waals surface area contributed by atoms with Crippen LogP contribution < -0.4 is 9.80 Å². The van der Waals surface area contributed by atoms with E-state index in [0.717, 1.165) is 22.5 Å². The third-order valence-corrected chi connectivity index (χ3v) is 5.91. The lowest BCUT2D eigenvalue weighted by atomic mass is 9.91. The quantitative estimate of drug-likeness (QED) is 0.530. The predicted molar refractivity (Wildman–Crippen MR) is 112 cm³/mol. The summed E-state index contributed by atoms with van der Waals surface area (Å²) >= 11 is 0. The molecule has 0 unspecified atom stereocenters. The highest BCUT2D eigenvalue weighted by atomic mass is 16.6. The number of nitro benzene ring substituents is 2. The van der Waals surface area contributed by atoms with Gasteiger partial charge in [0.25, 0.3) is 11.4 Å². The molecular formula is C21H24N4O4. The fourth-order valence-electron chi connectivity index (χ4n) is 4.57. The molecule has 0 saturated carbocycles. The van der Waals surface area contributed by atoms with Gasteiger partial charge in [-0.2, -0.15) is 0 Å². The van der Waals surface area contributed by atoms with Gasteiger partial charge in [0.2, 0.25) is 0 Å². The fraction of sp³-hybridized carbons (Fsp3) is 0.429. The van der Waals surface area contributed by atoms with Gasteiger partial charge in [-0.3, -0.25) is 20.2 Å². The van der Waals surface area contributed by atoms with Crippen molar-refractivity contribution in [3.63, 3.8) is 0 Å². The second kappa shape index (κ2) is 6.72. The van der Waals surface area contributed by atoms with Crippen LogP contribution in [0.4, 0.5) is 22.7 Å². The van der Waals surface area contributed by atoms with Gasteiger partial charge in [-0.25, -0.2) is 0 Å². The van der Waals surface area contributed by atoms with E-state index in [1.165, 1.54) is 0 Å². The number of benzene rings is 2. The van der Waals surface area contributed by atoms with E-state index < -0.39 is 0 Å². The third-order valence-electron chi connectivity index (χ3n) is 5.91. The first kappa shape index (κ1) is 19.2. The summed E-state index contributed by atoms with van der Waals surface area (Å²) in [5, 5.41) is 23.8. The summed E-state index contributed by atoms with van der Waals surface area (Å²) in [7, 11) is 0. The van der Waals surface area contributed by atoms with Crippen LogP contribution in [-0.4, -0.2) is 16.5 Å². The maximum Gasteiger partial charge on any atom is 0.279 e. The van der Waals surface area contributed by atoms with E-state index in [-0.39, 0.29) is 33.1 Å². The van der Waals surface area contributed by atoms with Crippen LogP contribution in [0.2, 0.25) is 0 Å². The molecule has 152 valence electrons. The molecule has 0 saturated heterocycles. The molecule has 0 spiro atoms. The van der Waals surface area contributed by atoms with Crippen LogP contribution in [0, 0.1) is 20.2 Å². The van der Waals surface area contributed by atoms with Crippen LogP contribution in [0.5, 0.6) is 0 Å². The van der Waals surface area contributed by atoms with E-state index in [0.29, 0.717) is 30.9 Å². The second-order valence-electron chi connectivity index (χ2n) is 8.36. The molecule has 4 rings (SSSR count). The lowest BCUT2D eigenvalue weighted by molar-refractivity contribution is -0.386. The van der Waals surface area contributed by atoms with Gasteiger partial charge >= 0.3 is 0 Å². The normalized spacial score (nSPS) is 14.8. The number of hydrogen-bond acceptors (Lipinski definition) is 6. The molecule has 8 nitrogen and oxygen atoms in total. The lowest BCUT2D eigenvalue weighted by Gasteiger charge is -2.44. The van der Waals surface area contributed by atoms with Gasteiger partial charge < -0.3 is 9.80 Å². The average Bonchev–Trinajstić information content (AvgIpc) is 2.65. The zero-order chi connectivity index (χ0) is 21.0. The van der Waals surface area contributed by atoms with Gasteiger partial charge in [-0.1, -0.05) is 27.7 Å². The van der Waals surface area contributed by atoms with Crippen molar-refractivity contribution in [3.8, 4) is 0 Å². The number of nitrogens with zero attached hydrogens (tertiary/aromatic N) is 4. The fourth-order valence-corrected chi connectivity index (χ4v) is 4.57. The summed E-state index contributed by atoms with van der Waals surface area (Å²) in [6.45, 7) is 9.10. The Labute approximate surface area is 169 Å². The van der Waals surface area contributed by atoms with Crippen molar-refractivity contribution < 1.29 is 9.85 Å². The van der Waals surface area contributed by atoms with E-state index >= 15 is 0 Å². The Kier molecular flexibility index (Phi) is 4.44. The van der Waals surface area contributed by atoms with E-state index in [4.69, 9.17) is 0 Å². The average molecular weight is 396 g/mol. The van der Waals surface area contributed by atoms with Gasteiger partial charge in [0.15, 0.2) is 0 Å². The van der Waals surface area contributed by atoms with Crippen molar-refractivity contribution >= 4 is 22.7 Å². The largest absolute Gasteiger partial charge is 0.349 e. The zero-order valence-electron chi connectivity index (χ0n) is 17.0. The maximum absolute atomic E-state index is 11.9. The molecule has 0 amide bonds. The molecule has 0 aromatic heterocycles. The molecular weight excluding hydrogens is 372 g/mol. The number of anilines is 2. The minimum atomic E-state index is -0.289. The zero-order valence-corrected chi connectivity index (χ0v) is 17.0. The van der Waals surface area contributed by atoms with E-state index in [1.807, 2.05) is 61.8 Å². The summed E-state index contributed by atoms with van der Waals surface area (Å²) in [5.41, 5.74) is 4.75. The van der Waals surface area contributed by atoms with Crippen molar-refractivity contribution in [3.05, 3.63) is 66.7 Å². The van der Waals surface area contributed by atoms with Gasteiger partial charge in [-0.05, 0) is 36.1 Å². The molecule has 0 atom stereocenters. The molecule has 29 heavy (non-hydrogen) atoms. The highest BCUT2D eigenvalue weighted by Gasteiger charge is 2.38. The molecule has 2 aliphatic rings. The topological polar surface area (TPSA) is 92.8 Å². The maximum atomic E-state index is 11.9. The molecule has 0 N–H and O–H groups in total. The number of nitro groups is 2. The highest BCUT2D eigenvalue weighted by Crippen LogP contribution is 2.47. The first-order valence-electron chi connectivity index (χ1n) is 9.80. The first-order valence-corrected chi connectivity index (χ1v) is 9.80. The monoisotopic (exact) mass is 396 g/mol. The Hall–Kier alpha value is -3.16. The molecule has 2 bridgehead atoms. The molecule has 0 radical (unpaired) electrons. The molecule has 2 aromatic rings. The van der Waals surface area contributed by atoms with E-state index in [2.05, 4.69) is 0 Å². The SMILES string of the molecule is CC(C)c1ccc2c(c1[N+](=O)[O-])CN1CN2Cc2c1ccc(C(C)C)c2[N+](=O)[O-]. The number of hydrogen-bond donors (Lipinski definition) is 0. The van der Waals surface area contributed by atoms with E-state index in [9.17, 15) is 20.2 Å². The molecule has 0 fully saturated rings. The molecule has 2 heterocycles. The van der Waals surface area contributed by atoms with Crippen LogP contribution in [-0.2, 0) is 13.1 Å². The van der Waals surface area contributed by atoms with Gasteiger partial charge in [0, 0.05) is 11.1 Å². The highest BCUT2D eigenvalue weighted by molar-refractivity contribution is 5.76. The van der Waals surface area contributed by atoms with E-state index in [1.54, 1.807) is 0 Å². The molecule has 2 aromatic carbocycles. The smallest absolute Gasteiger partial charge is 0.279 e. The summed E-state index contributed by atoms with van der Waals surface area (Å²) < 4.78 is 0. The van der Waals surface area contributed by atoms with Crippen molar-refractivity contribution in [1.29, 1.82) is 0 Å². The van der Waals surface area contributed by atoms with Crippen LogP contribution in [0.1, 0.15) is 61.8 Å². The van der Waals surface area contributed by atoms with Crippen LogP contribution in [0.15, 0.2) is 24.3 Å². The Morgan fingerprint density at radius 3 is 1.45 bits per heavy atom. The molecule has 0 aliphatic carbocycles. The summed E-state index contributed by atoms with van der Waals surface area (Å²) in [4.78, 5) is 27.3. The Balaban J connectivity index is 1.89. The predicted octanol–water partition coefficient (Wildman–Crippen LogP) is 5.05. The summed E-state index contributed by atoms with van der Waals surface area (Å²) in [6, 6.07) is 7.51.